The predicted octanol–water partition coefficient (Wildman–Crippen LogP) is -0.539. The topological polar surface area (TPSA) is 95.9 Å². The fourth-order valence-corrected chi connectivity index (χ4v) is 2.11. The summed E-state index contributed by atoms with van der Waals surface area (Å²) in [6.45, 7) is 2.38. The van der Waals surface area contributed by atoms with Gasteiger partial charge in [-0.15, -0.1) is 0 Å². The molecule has 108 valence electrons. The van der Waals surface area contributed by atoms with Crippen LogP contribution in [0.1, 0.15) is 19.8 Å². The maximum absolute atomic E-state index is 12.0. The number of carboxylic acids is 1. The minimum atomic E-state index is -1.13. The monoisotopic (exact) mass is 272 g/mol. The molecule has 0 radical (unpaired) electrons. The van der Waals surface area contributed by atoms with Crippen LogP contribution in [0.3, 0.4) is 0 Å². The highest BCUT2D eigenvalue weighted by molar-refractivity contribution is 5.85. The smallest absolute Gasteiger partial charge is 0.328 e. The van der Waals surface area contributed by atoms with Gasteiger partial charge in [-0.2, -0.15) is 0 Å². The van der Waals surface area contributed by atoms with Gasteiger partial charge in [0.05, 0.1) is 12.5 Å². The van der Waals surface area contributed by atoms with Gasteiger partial charge < -0.3 is 20.1 Å². The van der Waals surface area contributed by atoms with Gasteiger partial charge in [-0.3, -0.25) is 9.59 Å². The van der Waals surface area contributed by atoms with Crippen LogP contribution in [-0.4, -0.2) is 60.6 Å². The lowest BCUT2D eigenvalue weighted by atomic mass is 9.97. The molecule has 0 aromatic heterocycles. The van der Waals surface area contributed by atoms with Gasteiger partial charge in [0.1, 0.15) is 0 Å². The normalized spacial score (nSPS) is 20.7. The lowest BCUT2D eigenvalue weighted by Crippen LogP contribution is -2.50. The average Bonchev–Trinajstić information content (AvgIpc) is 2.38. The molecule has 1 saturated heterocycles. The Morgan fingerprint density at radius 1 is 1.47 bits per heavy atom. The van der Waals surface area contributed by atoms with E-state index < -0.39 is 12.0 Å². The summed E-state index contributed by atoms with van der Waals surface area (Å²) in [5, 5.41) is 11.4. The number of piperidine rings is 1. The van der Waals surface area contributed by atoms with E-state index in [-0.39, 0.29) is 24.3 Å². The molecule has 7 heteroatoms. The van der Waals surface area contributed by atoms with E-state index in [9.17, 15) is 14.4 Å². The van der Waals surface area contributed by atoms with E-state index in [2.05, 4.69) is 5.32 Å². The van der Waals surface area contributed by atoms with E-state index in [1.54, 1.807) is 4.90 Å². The molecule has 2 atom stereocenters. The maximum atomic E-state index is 12.0. The largest absolute Gasteiger partial charge is 0.480 e. The Balaban J connectivity index is 2.56. The molecular weight excluding hydrogens is 252 g/mol. The molecule has 19 heavy (non-hydrogen) atoms. The van der Waals surface area contributed by atoms with Crippen molar-refractivity contribution in [3.8, 4) is 0 Å². The zero-order chi connectivity index (χ0) is 14.4. The fourth-order valence-electron chi connectivity index (χ4n) is 2.11. The van der Waals surface area contributed by atoms with Gasteiger partial charge in [0.25, 0.3) is 0 Å². The van der Waals surface area contributed by atoms with Crippen molar-refractivity contribution in [1.82, 2.24) is 10.2 Å². The Morgan fingerprint density at radius 2 is 2.16 bits per heavy atom. The molecule has 0 saturated carbocycles. The van der Waals surface area contributed by atoms with Gasteiger partial charge >= 0.3 is 5.97 Å². The molecule has 1 aliphatic heterocycles. The molecule has 0 aromatic carbocycles. The van der Waals surface area contributed by atoms with Crippen molar-refractivity contribution in [1.29, 1.82) is 0 Å². The number of carboxylic acid groups (broad SMARTS) is 1. The van der Waals surface area contributed by atoms with Gasteiger partial charge in [0.15, 0.2) is 6.04 Å². The summed E-state index contributed by atoms with van der Waals surface area (Å²) in [7, 11) is 1.38. The van der Waals surface area contributed by atoms with E-state index >= 15 is 0 Å². The lowest BCUT2D eigenvalue weighted by Gasteiger charge is -2.31. The van der Waals surface area contributed by atoms with Crippen LogP contribution in [0, 0.1) is 5.92 Å². The summed E-state index contributed by atoms with van der Waals surface area (Å²) < 4.78 is 4.75. The van der Waals surface area contributed by atoms with Crippen LogP contribution in [-0.2, 0) is 19.1 Å². The molecule has 0 bridgehead atoms. The summed E-state index contributed by atoms with van der Waals surface area (Å²) in [4.78, 5) is 35.8. The Morgan fingerprint density at radius 3 is 2.68 bits per heavy atom. The summed E-state index contributed by atoms with van der Waals surface area (Å²) >= 11 is 0. The van der Waals surface area contributed by atoms with Gasteiger partial charge in [-0.05, 0) is 12.8 Å². The van der Waals surface area contributed by atoms with Crippen LogP contribution in [0.15, 0.2) is 0 Å². The standard InChI is InChI=1S/C12H20N2O5/c1-8(15)14-5-3-4-9(6-14)11(16)13-10(7-19-2)12(17)18/h9-10H,3-7H2,1-2H3,(H,13,16)(H,17,18). The van der Waals surface area contributed by atoms with Crippen LogP contribution in [0.5, 0.6) is 0 Å². The van der Waals surface area contributed by atoms with E-state index in [4.69, 9.17) is 9.84 Å². The zero-order valence-electron chi connectivity index (χ0n) is 11.2. The number of carbonyl (C=O) groups is 3. The SMILES string of the molecule is COCC(NC(=O)C1CCCN(C(C)=O)C1)C(=O)O. The van der Waals surface area contributed by atoms with Crippen LogP contribution >= 0.6 is 0 Å². The molecule has 0 aliphatic carbocycles. The van der Waals surface area contributed by atoms with Crippen molar-refractivity contribution in [3.63, 3.8) is 0 Å². The van der Waals surface area contributed by atoms with Gasteiger partial charge in [-0.25, -0.2) is 4.79 Å². The van der Waals surface area contributed by atoms with E-state index in [0.717, 1.165) is 6.42 Å². The maximum Gasteiger partial charge on any atom is 0.328 e. The van der Waals surface area contributed by atoms with E-state index in [1.807, 2.05) is 0 Å². The van der Waals surface area contributed by atoms with Crippen molar-refractivity contribution in [2.75, 3.05) is 26.8 Å². The van der Waals surface area contributed by atoms with Crippen molar-refractivity contribution >= 4 is 17.8 Å². The summed E-state index contributed by atoms with van der Waals surface area (Å²) in [5.41, 5.74) is 0. The molecule has 2 N–H and O–H groups in total. The fraction of sp³-hybridized carbons (Fsp3) is 0.750. The van der Waals surface area contributed by atoms with Gasteiger partial charge in [0, 0.05) is 27.1 Å². The zero-order valence-corrected chi connectivity index (χ0v) is 11.2. The van der Waals surface area contributed by atoms with Crippen LogP contribution in [0.4, 0.5) is 0 Å². The highest BCUT2D eigenvalue weighted by Gasteiger charge is 2.29. The van der Waals surface area contributed by atoms with Gasteiger partial charge in [0.2, 0.25) is 11.8 Å². The minimum absolute atomic E-state index is 0.0656. The van der Waals surface area contributed by atoms with Crippen LogP contribution in [0.2, 0.25) is 0 Å². The first kappa shape index (κ1) is 15.4. The first-order valence-corrected chi connectivity index (χ1v) is 6.23. The Bertz CT molecular complexity index is 358. The minimum Gasteiger partial charge on any atom is -0.480 e. The number of nitrogens with zero attached hydrogens (tertiary/aromatic N) is 1. The second-order valence-corrected chi connectivity index (χ2v) is 4.66. The number of likely N-dealkylation sites (tertiary alicyclic amines) is 1. The number of hydrogen-bond donors (Lipinski definition) is 2. The number of carbonyl (C=O) groups excluding carboxylic acids is 2. The van der Waals surface area contributed by atoms with Crippen molar-refractivity contribution < 1.29 is 24.2 Å². The summed E-state index contributed by atoms with van der Waals surface area (Å²) in [6.07, 6.45) is 1.41. The molecule has 2 unspecified atom stereocenters. The molecular formula is C12H20N2O5. The summed E-state index contributed by atoms with van der Waals surface area (Å²) in [5.74, 6) is -1.88. The number of amides is 2. The van der Waals surface area contributed by atoms with E-state index in [1.165, 1.54) is 14.0 Å². The van der Waals surface area contributed by atoms with Gasteiger partial charge in [-0.1, -0.05) is 0 Å². The van der Waals surface area contributed by atoms with Crippen molar-refractivity contribution in [2.45, 2.75) is 25.8 Å². The third-order valence-electron chi connectivity index (χ3n) is 3.19. The van der Waals surface area contributed by atoms with Crippen LogP contribution in [0.25, 0.3) is 0 Å². The third-order valence-corrected chi connectivity index (χ3v) is 3.19. The quantitative estimate of drug-likeness (QED) is 0.701. The number of hydrogen-bond acceptors (Lipinski definition) is 4. The molecule has 7 nitrogen and oxygen atoms in total. The molecule has 1 fully saturated rings. The number of rotatable bonds is 5. The predicted molar refractivity (Wildman–Crippen MR) is 66.4 cm³/mol. The second kappa shape index (κ2) is 7.08. The number of methoxy groups -OCH3 is 1. The van der Waals surface area contributed by atoms with E-state index in [0.29, 0.717) is 19.5 Å². The highest BCUT2D eigenvalue weighted by Crippen LogP contribution is 2.16. The first-order valence-electron chi connectivity index (χ1n) is 6.23. The number of nitrogens with one attached hydrogen (secondary N) is 1. The Labute approximate surface area is 111 Å². The molecule has 1 heterocycles. The second-order valence-electron chi connectivity index (χ2n) is 4.66. The van der Waals surface area contributed by atoms with Crippen LogP contribution < -0.4 is 5.32 Å². The highest BCUT2D eigenvalue weighted by atomic mass is 16.5. The number of ether oxygens (including phenoxy) is 1. The molecule has 1 aliphatic rings. The first-order chi connectivity index (χ1) is 8.95. The van der Waals surface area contributed by atoms with Crippen molar-refractivity contribution in [2.24, 2.45) is 5.92 Å². The average molecular weight is 272 g/mol. The third kappa shape index (κ3) is 4.51. The molecule has 2 amide bonds. The summed E-state index contributed by atoms with van der Waals surface area (Å²) in [6, 6.07) is -1.05. The Kier molecular flexibility index (Phi) is 5.75. The number of aliphatic carboxylic acids is 1. The molecule has 0 aromatic rings. The van der Waals surface area contributed by atoms with Crippen molar-refractivity contribution in [3.05, 3.63) is 0 Å². The Hall–Kier alpha value is -1.63. The molecule has 1 rings (SSSR count). The molecule has 0 spiro atoms. The lowest BCUT2D eigenvalue weighted by molar-refractivity contribution is -0.145.